The molecule has 1 aromatic rings. The quantitative estimate of drug-likeness (QED) is 0.878. The molecule has 4 nitrogen and oxygen atoms in total. The van der Waals surface area contributed by atoms with Crippen LogP contribution in [0.4, 0.5) is 5.69 Å². The highest BCUT2D eigenvalue weighted by Crippen LogP contribution is 2.29. The molecule has 0 spiro atoms. The van der Waals surface area contributed by atoms with Crippen molar-refractivity contribution in [1.29, 1.82) is 5.26 Å². The van der Waals surface area contributed by atoms with Gasteiger partial charge in [0, 0.05) is 25.3 Å². The number of hydrogen-bond donors (Lipinski definition) is 1. The number of anilines is 1. The Labute approximate surface area is 114 Å². The first kappa shape index (κ1) is 12.4. The van der Waals surface area contributed by atoms with Crippen LogP contribution in [-0.4, -0.2) is 30.7 Å². The lowest BCUT2D eigenvalue weighted by molar-refractivity contribution is 0.328. The molecule has 0 aromatic carbocycles. The molecular formula is C15H20N4. The number of piperidine rings is 1. The largest absolute Gasteiger partial charge is 0.369 e. The van der Waals surface area contributed by atoms with E-state index in [0.717, 1.165) is 25.3 Å². The molecule has 2 fully saturated rings. The molecule has 0 saturated carbocycles. The molecule has 2 aliphatic rings. The highest BCUT2D eigenvalue weighted by Gasteiger charge is 2.29. The van der Waals surface area contributed by atoms with Gasteiger partial charge in [0.25, 0.3) is 0 Å². The summed E-state index contributed by atoms with van der Waals surface area (Å²) in [6, 6.07) is 6.83. The van der Waals surface area contributed by atoms with E-state index in [2.05, 4.69) is 21.3 Å². The summed E-state index contributed by atoms with van der Waals surface area (Å²) in [5.74, 6) is 0.711. The van der Waals surface area contributed by atoms with Crippen LogP contribution in [0.5, 0.6) is 0 Å². The number of aromatic nitrogens is 1. The van der Waals surface area contributed by atoms with Crippen LogP contribution in [0, 0.1) is 17.2 Å². The van der Waals surface area contributed by atoms with E-state index in [1.165, 1.54) is 25.7 Å². The predicted molar refractivity (Wildman–Crippen MR) is 74.9 cm³/mol. The highest BCUT2D eigenvalue weighted by molar-refractivity contribution is 5.55. The summed E-state index contributed by atoms with van der Waals surface area (Å²) < 4.78 is 0. The molecule has 1 N–H and O–H groups in total. The van der Waals surface area contributed by atoms with Crippen molar-refractivity contribution < 1.29 is 0 Å². The molecule has 2 aliphatic heterocycles. The lowest BCUT2D eigenvalue weighted by Crippen LogP contribution is -2.43. The van der Waals surface area contributed by atoms with Crippen molar-refractivity contribution in [3.05, 3.63) is 24.0 Å². The average Bonchev–Trinajstić information content (AvgIpc) is 3.01. The molecule has 2 saturated heterocycles. The Morgan fingerprint density at radius 1 is 1.37 bits per heavy atom. The van der Waals surface area contributed by atoms with Crippen molar-refractivity contribution in [1.82, 2.24) is 10.3 Å². The first-order chi connectivity index (χ1) is 9.38. The second-order valence-corrected chi connectivity index (χ2v) is 5.53. The minimum absolute atomic E-state index is 0.558. The minimum atomic E-state index is 0.558. The zero-order valence-electron chi connectivity index (χ0n) is 11.2. The first-order valence-corrected chi connectivity index (χ1v) is 7.22. The maximum Gasteiger partial charge on any atom is 0.163 e. The molecule has 3 heterocycles. The second kappa shape index (κ2) is 5.58. The fourth-order valence-electron chi connectivity index (χ4n) is 3.41. The summed E-state index contributed by atoms with van der Waals surface area (Å²) in [4.78, 5) is 6.52. The lowest BCUT2D eigenvalue weighted by atomic mass is 9.89. The Bertz CT molecular complexity index is 473. The van der Waals surface area contributed by atoms with E-state index in [0.29, 0.717) is 17.7 Å². The monoisotopic (exact) mass is 256 g/mol. The Kier molecular flexibility index (Phi) is 3.65. The Morgan fingerprint density at radius 3 is 3.11 bits per heavy atom. The molecule has 3 rings (SSSR count). The van der Waals surface area contributed by atoms with E-state index in [4.69, 9.17) is 0 Å². The van der Waals surface area contributed by atoms with Crippen molar-refractivity contribution in [2.75, 3.05) is 24.5 Å². The van der Waals surface area contributed by atoms with Crippen molar-refractivity contribution in [2.24, 2.45) is 5.92 Å². The van der Waals surface area contributed by atoms with E-state index in [9.17, 15) is 5.26 Å². The van der Waals surface area contributed by atoms with Gasteiger partial charge in [0.2, 0.25) is 0 Å². The summed E-state index contributed by atoms with van der Waals surface area (Å²) >= 11 is 0. The van der Waals surface area contributed by atoms with E-state index in [1.807, 2.05) is 12.1 Å². The Hall–Kier alpha value is -1.60. The van der Waals surface area contributed by atoms with Gasteiger partial charge in [-0.25, -0.2) is 4.98 Å². The number of hydrogen-bond acceptors (Lipinski definition) is 4. The normalized spacial score (nSPS) is 27.2. The van der Waals surface area contributed by atoms with Crippen molar-refractivity contribution in [3.8, 4) is 6.07 Å². The molecular weight excluding hydrogens is 236 g/mol. The van der Waals surface area contributed by atoms with Crippen LogP contribution in [0.15, 0.2) is 18.3 Å². The summed E-state index contributed by atoms with van der Waals surface area (Å²) in [7, 11) is 0. The van der Waals surface area contributed by atoms with Crippen molar-refractivity contribution in [2.45, 2.75) is 31.7 Å². The van der Waals surface area contributed by atoms with E-state index >= 15 is 0 Å². The number of nitrogens with one attached hydrogen (secondary N) is 1. The van der Waals surface area contributed by atoms with Gasteiger partial charge in [0.05, 0.1) is 5.69 Å². The molecule has 1 aromatic heterocycles. The molecule has 100 valence electrons. The van der Waals surface area contributed by atoms with Gasteiger partial charge in [-0.2, -0.15) is 5.26 Å². The van der Waals surface area contributed by atoms with Gasteiger partial charge in [0.1, 0.15) is 6.07 Å². The summed E-state index contributed by atoms with van der Waals surface area (Å²) in [5.41, 5.74) is 1.57. The fraction of sp³-hybridized carbons (Fsp3) is 0.600. The number of rotatable bonds is 2. The van der Waals surface area contributed by atoms with Crippen LogP contribution in [0.2, 0.25) is 0 Å². The van der Waals surface area contributed by atoms with E-state index in [-0.39, 0.29) is 0 Å². The van der Waals surface area contributed by atoms with Crippen LogP contribution in [0.1, 0.15) is 31.4 Å². The third kappa shape index (κ3) is 2.57. The smallest absolute Gasteiger partial charge is 0.163 e. The second-order valence-electron chi connectivity index (χ2n) is 5.53. The fourth-order valence-corrected chi connectivity index (χ4v) is 3.41. The molecule has 2 unspecified atom stereocenters. The molecule has 0 amide bonds. The average molecular weight is 256 g/mol. The number of nitriles is 1. The number of nitrogens with zero attached hydrogens (tertiary/aromatic N) is 3. The highest BCUT2D eigenvalue weighted by atomic mass is 15.2. The van der Waals surface area contributed by atoms with Gasteiger partial charge >= 0.3 is 0 Å². The standard InChI is InChI=1S/C15H20N4/c16-10-14-15(6-2-8-18-14)19-9-3-4-12(11-19)13-5-1-7-17-13/h2,6,8,12-13,17H,1,3-5,7,9,11H2. The Morgan fingerprint density at radius 2 is 2.32 bits per heavy atom. The van der Waals surface area contributed by atoms with Crippen molar-refractivity contribution >= 4 is 5.69 Å². The molecule has 0 radical (unpaired) electrons. The maximum absolute atomic E-state index is 9.17. The maximum atomic E-state index is 9.17. The minimum Gasteiger partial charge on any atom is -0.369 e. The summed E-state index contributed by atoms with van der Waals surface area (Å²) in [6.45, 7) is 3.26. The molecule has 4 heteroatoms. The first-order valence-electron chi connectivity index (χ1n) is 7.22. The SMILES string of the molecule is N#Cc1ncccc1N1CCCC(C2CCCN2)C1. The zero-order chi connectivity index (χ0) is 13.1. The van der Waals surface area contributed by atoms with Gasteiger partial charge in [0.15, 0.2) is 5.69 Å². The predicted octanol–water partition coefficient (Wildman–Crippen LogP) is 1.92. The van der Waals surface area contributed by atoms with Crippen molar-refractivity contribution in [3.63, 3.8) is 0 Å². The van der Waals surface area contributed by atoms with Gasteiger partial charge in [-0.1, -0.05) is 0 Å². The van der Waals surface area contributed by atoms with E-state index in [1.54, 1.807) is 6.20 Å². The van der Waals surface area contributed by atoms with Gasteiger partial charge in [-0.05, 0) is 50.3 Å². The van der Waals surface area contributed by atoms with Crippen LogP contribution in [0.25, 0.3) is 0 Å². The van der Waals surface area contributed by atoms with Gasteiger partial charge in [-0.3, -0.25) is 0 Å². The topological polar surface area (TPSA) is 52.0 Å². The lowest BCUT2D eigenvalue weighted by Gasteiger charge is -2.37. The van der Waals surface area contributed by atoms with Crippen LogP contribution in [0.3, 0.4) is 0 Å². The third-order valence-corrected chi connectivity index (χ3v) is 4.36. The summed E-state index contributed by atoms with van der Waals surface area (Å²) in [5, 5.41) is 12.8. The Balaban J connectivity index is 1.76. The van der Waals surface area contributed by atoms with E-state index < -0.39 is 0 Å². The molecule has 2 atom stereocenters. The van der Waals surface area contributed by atoms with Crippen LogP contribution < -0.4 is 10.2 Å². The molecule has 19 heavy (non-hydrogen) atoms. The molecule has 0 bridgehead atoms. The summed E-state index contributed by atoms with van der Waals surface area (Å²) in [6.07, 6.45) is 6.81. The van der Waals surface area contributed by atoms with Gasteiger partial charge in [-0.15, -0.1) is 0 Å². The zero-order valence-corrected chi connectivity index (χ0v) is 11.2. The molecule has 0 aliphatic carbocycles. The third-order valence-electron chi connectivity index (χ3n) is 4.36. The number of pyridine rings is 1. The van der Waals surface area contributed by atoms with Crippen LogP contribution in [-0.2, 0) is 0 Å². The van der Waals surface area contributed by atoms with Gasteiger partial charge < -0.3 is 10.2 Å². The van der Waals surface area contributed by atoms with Crippen LogP contribution >= 0.6 is 0 Å².